The van der Waals surface area contributed by atoms with Gasteiger partial charge in [-0.25, -0.2) is 14.5 Å². The van der Waals surface area contributed by atoms with Crippen LogP contribution in [0.1, 0.15) is 5.56 Å². The first-order valence-corrected chi connectivity index (χ1v) is 9.31. The molecule has 30 heavy (non-hydrogen) atoms. The Labute approximate surface area is 184 Å². The molecule has 1 fully saturated rings. The van der Waals surface area contributed by atoms with Crippen molar-refractivity contribution < 1.29 is 29.0 Å². The monoisotopic (exact) mass is 468 g/mol. The van der Waals surface area contributed by atoms with E-state index in [1.165, 1.54) is 42.5 Å². The summed E-state index contributed by atoms with van der Waals surface area (Å²) in [4.78, 5) is 48.6. The number of hydrogen-bond donors (Lipinski definition) is 2. The number of hydrogen-bond acceptors (Lipinski definition) is 5. The quantitative estimate of drug-likeness (QED) is 0.509. The molecule has 8 nitrogen and oxygen atoms in total. The summed E-state index contributed by atoms with van der Waals surface area (Å²) >= 11 is 17.9. The van der Waals surface area contributed by atoms with Gasteiger partial charge in [-0.2, -0.15) is 0 Å². The van der Waals surface area contributed by atoms with Gasteiger partial charge in [-0.3, -0.25) is 14.9 Å². The number of amides is 4. The number of carboxylic acid groups (broad SMARTS) is 1. The molecule has 4 amide bonds. The zero-order valence-electron chi connectivity index (χ0n) is 14.8. The molecule has 0 unspecified atom stereocenters. The van der Waals surface area contributed by atoms with E-state index in [0.717, 1.165) is 4.90 Å². The first-order valence-electron chi connectivity index (χ1n) is 8.18. The third kappa shape index (κ3) is 4.56. The number of halogens is 3. The number of urea groups is 1. The highest BCUT2D eigenvalue weighted by molar-refractivity contribution is 6.43. The van der Waals surface area contributed by atoms with Crippen LogP contribution in [0, 0.1) is 0 Å². The summed E-state index contributed by atoms with van der Waals surface area (Å²) in [6.45, 7) is -0.582. The van der Waals surface area contributed by atoms with E-state index in [2.05, 4.69) is 5.32 Å². The Morgan fingerprint density at radius 3 is 2.40 bits per heavy atom. The predicted molar refractivity (Wildman–Crippen MR) is 110 cm³/mol. The fourth-order valence-electron chi connectivity index (χ4n) is 2.55. The van der Waals surface area contributed by atoms with E-state index in [1.54, 1.807) is 0 Å². The highest BCUT2D eigenvalue weighted by Gasteiger charge is 2.37. The molecule has 1 heterocycles. The molecular formula is C19H11Cl3N2O6. The Morgan fingerprint density at radius 1 is 1.03 bits per heavy atom. The lowest BCUT2D eigenvalue weighted by atomic mass is 10.1. The van der Waals surface area contributed by atoms with Gasteiger partial charge in [0.05, 0.1) is 20.8 Å². The molecule has 2 aromatic rings. The van der Waals surface area contributed by atoms with E-state index in [9.17, 15) is 19.2 Å². The number of nitrogens with one attached hydrogen (secondary N) is 1. The summed E-state index contributed by atoms with van der Waals surface area (Å²) in [7, 11) is 0. The van der Waals surface area contributed by atoms with Crippen LogP contribution in [-0.2, 0) is 14.4 Å². The van der Waals surface area contributed by atoms with Gasteiger partial charge in [0.15, 0.2) is 6.61 Å². The third-order valence-corrected chi connectivity index (χ3v) is 4.92. The minimum absolute atomic E-state index is 0.0756. The Bertz CT molecular complexity index is 1120. The molecule has 0 aromatic heterocycles. The smallest absolute Gasteiger partial charge is 0.341 e. The molecule has 0 saturated carbocycles. The molecule has 1 aliphatic heterocycles. The molecule has 0 radical (unpaired) electrons. The average molecular weight is 470 g/mol. The predicted octanol–water partition coefficient (Wildman–Crippen LogP) is 3.78. The van der Waals surface area contributed by atoms with Crippen LogP contribution in [0.15, 0.2) is 42.0 Å². The first-order chi connectivity index (χ1) is 14.2. The van der Waals surface area contributed by atoms with Crippen molar-refractivity contribution in [2.45, 2.75) is 0 Å². The van der Waals surface area contributed by atoms with Gasteiger partial charge in [0, 0.05) is 0 Å². The lowest BCUT2D eigenvalue weighted by Crippen LogP contribution is -2.54. The number of anilines is 1. The Hall–Kier alpha value is -3.07. The fourth-order valence-corrected chi connectivity index (χ4v) is 3.08. The molecule has 3 rings (SSSR count). The topological polar surface area (TPSA) is 113 Å². The molecule has 1 saturated heterocycles. The van der Waals surface area contributed by atoms with Gasteiger partial charge in [-0.1, -0.05) is 40.9 Å². The minimum Gasteiger partial charge on any atom is -0.480 e. The van der Waals surface area contributed by atoms with Crippen LogP contribution in [0.3, 0.4) is 0 Å². The molecule has 154 valence electrons. The van der Waals surface area contributed by atoms with Crippen molar-refractivity contribution in [1.82, 2.24) is 5.32 Å². The number of rotatable bonds is 5. The highest BCUT2D eigenvalue weighted by atomic mass is 35.5. The lowest BCUT2D eigenvalue weighted by Gasteiger charge is -2.26. The van der Waals surface area contributed by atoms with Gasteiger partial charge in [-0.15, -0.1) is 0 Å². The number of nitrogens with zero attached hydrogens (tertiary/aromatic N) is 1. The van der Waals surface area contributed by atoms with Gasteiger partial charge >= 0.3 is 12.0 Å². The van der Waals surface area contributed by atoms with E-state index in [0.29, 0.717) is 5.56 Å². The molecule has 0 bridgehead atoms. The van der Waals surface area contributed by atoms with Crippen LogP contribution < -0.4 is 15.0 Å². The molecule has 2 aromatic carbocycles. The first kappa shape index (κ1) is 21.6. The molecule has 1 aliphatic rings. The molecule has 0 atom stereocenters. The van der Waals surface area contributed by atoms with Gasteiger partial charge in [0.25, 0.3) is 11.8 Å². The van der Waals surface area contributed by atoms with Crippen LogP contribution in [0.2, 0.25) is 15.1 Å². The van der Waals surface area contributed by atoms with Gasteiger partial charge in [0.2, 0.25) is 0 Å². The van der Waals surface area contributed by atoms with Crippen molar-refractivity contribution in [3.63, 3.8) is 0 Å². The van der Waals surface area contributed by atoms with Crippen molar-refractivity contribution in [2.24, 2.45) is 0 Å². The van der Waals surface area contributed by atoms with E-state index in [4.69, 9.17) is 44.6 Å². The zero-order chi connectivity index (χ0) is 22.0. The summed E-state index contributed by atoms with van der Waals surface area (Å²) in [6, 6.07) is 7.45. The van der Waals surface area contributed by atoms with Gasteiger partial charge < -0.3 is 9.84 Å². The van der Waals surface area contributed by atoms with Crippen molar-refractivity contribution >= 4 is 70.4 Å². The molecular weight excluding hydrogens is 459 g/mol. The number of ether oxygens (including phenoxy) is 1. The molecule has 0 aliphatic carbocycles. The molecule has 0 spiro atoms. The fraction of sp³-hybridized carbons (Fsp3) is 0.0526. The van der Waals surface area contributed by atoms with E-state index in [1.807, 2.05) is 0 Å². The van der Waals surface area contributed by atoms with Crippen molar-refractivity contribution in [1.29, 1.82) is 0 Å². The number of carboxylic acids is 1. The maximum atomic E-state index is 12.9. The van der Waals surface area contributed by atoms with Crippen molar-refractivity contribution in [3.05, 3.63) is 62.6 Å². The van der Waals surface area contributed by atoms with Crippen molar-refractivity contribution in [3.8, 4) is 5.75 Å². The zero-order valence-corrected chi connectivity index (χ0v) is 17.1. The van der Waals surface area contributed by atoms with Crippen molar-refractivity contribution in [2.75, 3.05) is 11.5 Å². The number of barbiturate groups is 1. The number of aliphatic carboxylic acids is 1. The number of benzene rings is 2. The summed E-state index contributed by atoms with van der Waals surface area (Å²) in [5.74, 6) is -2.81. The van der Waals surface area contributed by atoms with Crippen LogP contribution in [-0.4, -0.2) is 35.5 Å². The summed E-state index contributed by atoms with van der Waals surface area (Å²) < 4.78 is 5.02. The third-order valence-electron chi connectivity index (χ3n) is 3.88. The summed E-state index contributed by atoms with van der Waals surface area (Å²) in [6.07, 6.45) is 1.24. The van der Waals surface area contributed by atoms with Gasteiger partial charge in [-0.05, 0) is 42.0 Å². The van der Waals surface area contributed by atoms with Crippen LogP contribution in [0.4, 0.5) is 10.5 Å². The summed E-state index contributed by atoms with van der Waals surface area (Å²) in [5.41, 5.74) is 0.154. The maximum Gasteiger partial charge on any atom is 0.341 e. The SMILES string of the molecule is O=C(O)COc1ccc(/C=C2\C(=O)NC(=O)N(c3ccc(Cl)c(Cl)c3)C2=O)cc1Cl. The van der Waals surface area contributed by atoms with E-state index in [-0.39, 0.29) is 32.1 Å². The average Bonchev–Trinajstić information content (AvgIpc) is 2.67. The van der Waals surface area contributed by atoms with E-state index < -0.39 is 30.4 Å². The second-order valence-electron chi connectivity index (χ2n) is 5.93. The minimum atomic E-state index is -1.17. The Kier molecular flexibility index (Phi) is 6.31. The summed E-state index contributed by atoms with van der Waals surface area (Å²) in [5, 5.41) is 11.2. The van der Waals surface area contributed by atoms with Crippen LogP contribution in [0.25, 0.3) is 6.08 Å². The standard InChI is InChI=1S/C19H11Cl3N2O6/c20-12-3-2-10(7-13(12)21)24-18(28)11(17(27)23-19(24)29)5-9-1-4-15(14(22)6-9)30-8-16(25)26/h1-7H,8H2,(H,25,26)(H,23,27,29)/b11-5+. The Morgan fingerprint density at radius 2 is 1.77 bits per heavy atom. The second-order valence-corrected chi connectivity index (χ2v) is 7.15. The van der Waals surface area contributed by atoms with Crippen LogP contribution in [0.5, 0.6) is 5.75 Å². The van der Waals surface area contributed by atoms with Gasteiger partial charge in [0.1, 0.15) is 11.3 Å². The molecule has 2 N–H and O–H groups in total. The normalized spacial score (nSPS) is 15.4. The number of carbonyl (C=O) groups is 4. The maximum absolute atomic E-state index is 12.9. The van der Waals surface area contributed by atoms with Crippen LogP contribution >= 0.6 is 34.8 Å². The lowest BCUT2D eigenvalue weighted by molar-refractivity contribution is -0.139. The van der Waals surface area contributed by atoms with E-state index >= 15 is 0 Å². The highest BCUT2D eigenvalue weighted by Crippen LogP contribution is 2.30. The largest absolute Gasteiger partial charge is 0.480 e. The second kappa shape index (κ2) is 8.74. The number of carbonyl (C=O) groups excluding carboxylic acids is 3. The number of imide groups is 2. The molecule has 11 heteroatoms. The Balaban J connectivity index is 1.93.